The summed E-state index contributed by atoms with van der Waals surface area (Å²) in [5, 5.41) is 0. The highest BCUT2D eigenvalue weighted by Gasteiger charge is 1.98. The smallest absolute Gasteiger partial charge is 0.122 e. The van der Waals surface area contributed by atoms with E-state index in [0.717, 1.165) is 4.90 Å². The number of hydrogen-bond donors (Lipinski definition) is 0. The molecule has 1 unspecified atom stereocenters. The minimum absolute atomic E-state index is 0.138. The van der Waals surface area contributed by atoms with Crippen LogP contribution in [0.1, 0.15) is 6.92 Å². The lowest BCUT2D eigenvalue weighted by Gasteiger charge is -2.02. The van der Waals surface area contributed by atoms with Crippen LogP contribution in [-0.2, 0) is 4.18 Å². The van der Waals surface area contributed by atoms with Crippen LogP contribution in [0.4, 0.5) is 4.39 Å². The summed E-state index contributed by atoms with van der Waals surface area (Å²) in [4.78, 5) is 0.998. The first kappa shape index (κ1) is 9.55. The van der Waals surface area contributed by atoms with Crippen LogP contribution in [0, 0.1) is 0 Å². The molecular weight excluding hydrogens is 175 g/mol. The van der Waals surface area contributed by atoms with Crippen LogP contribution in [0.15, 0.2) is 35.2 Å². The van der Waals surface area contributed by atoms with Gasteiger partial charge < -0.3 is 4.18 Å². The second-order valence-electron chi connectivity index (χ2n) is 2.46. The molecule has 0 radical (unpaired) electrons. The fourth-order valence-electron chi connectivity index (χ4n) is 0.672. The molecule has 0 saturated carbocycles. The minimum Gasteiger partial charge on any atom is -0.307 e. The minimum atomic E-state index is -0.902. The number of halogens is 1. The Kier molecular flexibility index (Phi) is 4.11. The first-order valence-corrected chi connectivity index (χ1v) is 4.52. The molecule has 3 heteroatoms. The molecule has 0 spiro atoms. The Balaban J connectivity index is 2.25. The summed E-state index contributed by atoms with van der Waals surface area (Å²) in [7, 11) is 0. The molecular formula is C9H11FOS. The molecule has 0 fully saturated rings. The quantitative estimate of drug-likeness (QED) is 0.668. The summed E-state index contributed by atoms with van der Waals surface area (Å²) in [5.41, 5.74) is 0. The van der Waals surface area contributed by atoms with Crippen LogP contribution in [0.25, 0.3) is 0 Å². The average molecular weight is 186 g/mol. The van der Waals surface area contributed by atoms with Crippen molar-refractivity contribution in [3.8, 4) is 0 Å². The van der Waals surface area contributed by atoms with Gasteiger partial charge in [-0.15, -0.1) is 0 Å². The number of alkyl halides is 1. The lowest BCUT2D eigenvalue weighted by Crippen LogP contribution is -2.00. The van der Waals surface area contributed by atoms with Crippen LogP contribution in [-0.4, -0.2) is 12.8 Å². The molecule has 0 saturated heterocycles. The van der Waals surface area contributed by atoms with Gasteiger partial charge in [-0.05, 0) is 19.1 Å². The van der Waals surface area contributed by atoms with E-state index in [2.05, 4.69) is 0 Å². The van der Waals surface area contributed by atoms with Crippen molar-refractivity contribution in [1.82, 2.24) is 0 Å². The van der Waals surface area contributed by atoms with Gasteiger partial charge in [0.1, 0.15) is 6.17 Å². The molecule has 0 N–H and O–H groups in total. The predicted molar refractivity (Wildman–Crippen MR) is 48.8 cm³/mol. The Labute approximate surface area is 76.1 Å². The second-order valence-corrected chi connectivity index (χ2v) is 3.34. The molecule has 0 aliphatic carbocycles. The highest BCUT2D eigenvalue weighted by Crippen LogP contribution is 2.18. The standard InChI is InChI=1S/C9H11FOS/c1-8(10)7-11-12-9-5-3-2-4-6-9/h2-6,8H,7H2,1H3. The Hall–Kier alpha value is -0.540. The van der Waals surface area contributed by atoms with Crippen molar-refractivity contribution >= 4 is 12.0 Å². The fourth-order valence-corrected chi connectivity index (χ4v) is 1.33. The van der Waals surface area contributed by atoms with E-state index in [-0.39, 0.29) is 6.61 Å². The van der Waals surface area contributed by atoms with Gasteiger partial charge in [-0.2, -0.15) is 0 Å². The van der Waals surface area contributed by atoms with Gasteiger partial charge in [0, 0.05) is 16.9 Å². The van der Waals surface area contributed by atoms with Gasteiger partial charge in [0.05, 0.1) is 6.61 Å². The zero-order chi connectivity index (χ0) is 8.81. The molecule has 0 aliphatic rings. The number of rotatable bonds is 4. The third-order valence-corrected chi connectivity index (χ3v) is 1.91. The van der Waals surface area contributed by atoms with Gasteiger partial charge in [0.15, 0.2) is 0 Å². The molecule has 1 aromatic rings. The molecule has 66 valence electrons. The van der Waals surface area contributed by atoms with Crippen LogP contribution in [0.5, 0.6) is 0 Å². The maximum absolute atomic E-state index is 12.3. The molecule has 12 heavy (non-hydrogen) atoms. The molecule has 0 bridgehead atoms. The summed E-state index contributed by atoms with van der Waals surface area (Å²) >= 11 is 1.21. The van der Waals surface area contributed by atoms with E-state index in [1.54, 1.807) is 0 Å². The lowest BCUT2D eigenvalue weighted by molar-refractivity contribution is 0.235. The summed E-state index contributed by atoms with van der Waals surface area (Å²) in [6.45, 7) is 1.62. The van der Waals surface area contributed by atoms with Crippen molar-refractivity contribution in [2.24, 2.45) is 0 Å². The van der Waals surface area contributed by atoms with E-state index < -0.39 is 6.17 Å². The summed E-state index contributed by atoms with van der Waals surface area (Å²) in [5.74, 6) is 0. The second kappa shape index (κ2) is 5.17. The van der Waals surface area contributed by atoms with Gasteiger partial charge in [-0.1, -0.05) is 18.2 Å². The van der Waals surface area contributed by atoms with Crippen LogP contribution in [0.3, 0.4) is 0 Å². The fraction of sp³-hybridized carbons (Fsp3) is 0.333. The van der Waals surface area contributed by atoms with Crippen molar-refractivity contribution in [3.05, 3.63) is 30.3 Å². The number of benzene rings is 1. The normalized spacial score (nSPS) is 12.8. The van der Waals surface area contributed by atoms with Gasteiger partial charge in [-0.25, -0.2) is 4.39 Å². The van der Waals surface area contributed by atoms with E-state index in [0.29, 0.717) is 0 Å². The summed E-state index contributed by atoms with van der Waals surface area (Å²) in [6.07, 6.45) is -0.902. The molecule has 0 aromatic heterocycles. The third-order valence-electron chi connectivity index (χ3n) is 1.20. The Morgan fingerprint density at radius 2 is 2.08 bits per heavy atom. The average Bonchev–Trinajstić information content (AvgIpc) is 2.05. The van der Waals surface area contributed by atoms with Crippen molar-refractivity contribution in [2.75, 3.05) is 6.61 Å². The lowest BCUT2D eigenvalue weighted by atomic mass is 10.4. The summed E-state index contributed by atoms with van der Waals surface area (Å²) in [6, 6.07) is 9.62. The zero-order valence-corrected chi connectivity index (χ0v) is 7.68. The zero-order valence-electron chi connectivity index (χ0n) is 6.87. The SMILES string of the molecule is CC(F)COSc1ccccc1. The van der Waals surface area contributed by atoms with E-state index in [1.165, 1.54) is 19.0 Å². The first-order valence-electron chi connectivity index (χ1n) is 3.77. The van der Waals surface area contributed by atoms with Crippen LogP contribution in [0.2, 0.25) is 0 Å². The molecule has 1 rings (SSSR count). The van der Waals surface area contributed by atoms with Crippen molar-refractivity contribution in [2.45, 2.75) is 18.0 Å². The Morgan fingerprint density at radius 1 is 1.42 bits per heavy atom. The Morgan fingerprint density at radius 3 is 2.67 bits per heavy atom. The first-order chi connectivity index (χ1) is 5.79. The van der Waals surface area contributed by atoms with E-state index in [4.69, 9.17) is 4.18 Å². The third kappa shape index (κ3) is 3.74. The maximum atomic E-state index is 12.3. The monoisotopic (exact) mass is 186 g/mol. The highest BCUT2D eigenvalue weighted by atomic mass is 32.2. The van der Waals surface area contributed by atoms with Crippen molar-refractivity contribution in [3.63, 3.8) is 0 Å². The Bertz CT molecular complexity index is 213. The molecule has 1 nitrogen and oxygen atoms in total. The molecule has 0 amide bonds. The van der Waals surface area contributed by atoms with Gasteiger partial charge in [-0.3, -0.25) is 0 Å². The van der Waals surface area contributed by atoms with E-state index in [9.17, 15) is 4.39 Å². The van der Waals surface area contributed by atoms with E-state index in [1.807, 2.05) is 30.3 Å². The van der Waals surface area contributed by atoms with Crippen LogP contribution >= 0.6 is 12.0 Å². The summed E-state index contributed by atoms with van der Waals surface area (Å²) < 4.78 is 17.3. The van der Waals surface area contributed by atoms with Gasteiger partial charge in [0.25, 0.3) is 0 Å². The molecule has 0 heterocycles. The van der Waals surface area contributed by atoms with Crippen molar-refractivity contribution in [1.29, 1.82) is 0 Å². The topological polar surface area (TPSA) is 9.23 Å². The predicted octanol–water partition coefficient (Wildman–Crippen LogP) is 3.07. The van der Waals surface area contributed by atoms with E-state index >= 15 is 0 Å². The van der Waals surface area contributed by atoms with Gasteiger partial charge >= 0.3 is 0 Å². The van der Waals surface area contributed by atoms with Gasteiger partial charge in [0.2, 0.25) is 0 Å². The van der Waals surface area contributed by atoms with Crippen molar-refractivity contribution < 1.29 is 8.57 Å². The number of hydrogen-bond acceptors (Lipinski definition) is 2. The largest absolute Gasteiger partial charge is 0.307 e. The maximum Gasteiger partial charge on any atom is 0.122 e. The molecule has 1 atom stereocenters. The van der Waals surface area contributed by atoms with Crippen LogP contribution < -0.4 is 0 Å². The highest BCUT2D eigenvalue weighted by molar-refractivity contribution is 7.94. The molecule has 0 aliphatic heterocycles. The molecule has 1 aromatic carbocycles.